The standard InChI is InChI=1S/C18H24N2O2/c1-3-13-4-5-17-16(8-13)15(12-22-17)9-18(21)19-10-14-6-7-20(2)11-14/h4-5,8,12,14H,3,6-7,9-11H2,1-2H3,(H,19,21)/t14-/m1/s1. The monoisotopic (exact) mass is 300 g/mol. The number of hydrogen-bond donors (Lipinski definition) is 1. The molecule has 0 unspecified atom stereocenters. The van der Waals surface area contributed by atoms with E-state index >= 15 is 0 Å². The average molecular weight is 300 g/mol. The van der Waals surface area contributed by atoms with E-state index in [9.17, 15) is 4.79 Å². The largest absolute Gasteiger partial charge is 0.464 e. The summed E-state index contributed by atoms with van der Waals surface area (Å²) < 4.78 is 5.55. The van der Waals surface area contributed by atoms with Crippen LogP contribution in [0, 0.1) is 5.92 Å². The van der Waals surface area contributed by atoms with Gasteiger partial charge < -0.3 is 14.6 Å². The van der Waals surface area contributed by atoms with Crippen molar-refractivity contribution < 1.29 is 9.21 Å². The summed E-state index contributed by atoms with van der Waals surface area (Å²) in [6.07, 6.45) is 4.27. The minimum Gasteiger partial charge on any atom is -0.464 e. The molecule has 0 spiro atoms. The average Bonchev–Trinajstić information content (AvgIpc) is 3.11. The molecule has 2 heterocycles. The normalized spacial score (nSPS) is 18.9. The van der Waals surface area contributed by atoms with Crippen LogP contribution in [0.3, 0.4) is 0 Å². The quantitative estimate of drug-likeness (QED) is 0.923. The van der Waals surface area contributed by atoms with E-state index in [2.05, 4.69) is 36.3 Å². The fourth-order valence-electron chi connectivity index (χ4n) is 3.17. The number of amides is 1. The first-order valence-electron chi connectivity index (χ1n) is 8.10. The zero-order valence-corrected chi connectivity index (χ0v) is 13.4. The third-order valence-electron chi connectivity index (χ3n) is 4.55. The van der Waals surface area contributed by atoms with Crippen molar-refractivity contribution in [2.75, 3.05) is 26.7 Å². The summed E-state index contributed by atoms with van der Waals surface area (Å²) in [7, 11) is 2.13. The molecule has 1 aromatic heterocycles. The molecule has 1 aromatic carbocycles. The first-order chi connectivity index (χ1) is 10.7. The van der Waals surface area contributed by atoms with Crippen molar-refractivity contribution in [1.29, 1.82) is 0 Å². The van der Waals surface area contributed by atoms with E-state index in [1.165, 1.54) is 12.0 Å². The highest BCUT2D eigenvalue weighted by atomic mass is 16.3. The number of hydrogen-bond acceptors (Lipinski definition) is 3. The molecule has 4 heteroatoms. The number of nitrogens with zero attached hydrogens (tertiary/aromatic N) is 1. The van der Waals surface area contributed by atoms with Crippen LogP contribution in [0.15, 0.2) is 28.9 Å². The summed E-state index contributed by atoms with van der Waals surface area (Å²) in [4.78, 5) is 14.5. The molecule has 0 bridgehead atoms. The second kappa shape index (κ2) is 6.53. The SMILES string of the molecule is CCc1ccc2occ(CC(=O)NC[C@H]3CCN(C)C3)c2c1. The lowest BCUT2D eigenvalue weighted by Gasteiger charge is -2.11. The lowest BCUT2D eigenvalue weighted by Crippen LogP contribution is -2.31. The first-order valence-corrected chi connectivity index (χ1v) is 8.10. The van der Waals surface area contributed by atoms with Crippen LogP contribution in [0.5, 0.6) is 0 Å². The topological polar surface area (TPSA) is 45.5 Å². The van der Waals surface area contributed by atoms with Crippen LogP contribution in [0.25, 0.3) is 11.0 Å². The molecule has 1 amide bonds. The van der Waals surface area contributed by atoms with Gasteiger partial charge in [0.05, 0.1) is 12.7 Å². The van der Waals surface area contributed by atoms with E-state index in [-0.39, 0.29) is 5.91 Å². The van der Waals surface area contributed by atoms with Gasteiger partial charge in [0.1, 0.15) is 5.58 Å². The van der Waals surface area contributed by atoms with Crippen molar-refractivity contribution in [3.63, 3.8) is 0 Å². The summed E-state index contributed by atoms with van der Waals surface area (Å²) >= 11 is 0. The number of furan rings is 1. The van der Waals surface area contributed by atoms with E-state index in [4.69, 9.17) is 4.42 Å². The summed E-state index contributed by atoms with van der Waals surface area (Å²) in [5, 5.41) is 4.13. The zero-order chi connectivity index (χ0) is 15.5. The Hall–Kier alpha value is -1.81. The second-order valence-electron chi connectivity index (χ2n) is 6.34. The third-order valence-corrected chi connectivity index (χ3v) is 4.55. The molecule has 1 N–H and O–H groups in total. The zero-order valence-electron chi connectivity index (χ0n) is 13.4. The van der Waals surface area contributed by atoms with Crippen molar-refractivity contribution in [2.24, 2.45) is 5.92 Å². The van der Waals surface area contributed by atoms with Crippen LogP contribution in [0.2, 0.25) is 0 Å². The minimum absolute atomic E-state index is 0.0826. The molecule has 2 aromatic rings. The van der Waals surface area contributed by atoms with Crippen molar-refractivity contribution in [1.82, 2.24) is 10.2 Å². The van der Waals surface area contributed by atoms with Gasteiger partial charge in [0, 0.05) is 24.0 Å². The lowest BCUT2D eigenvalue weighted by molar-refractivity contribution is -0.120. The van der Waals surface area contributed by atoms with Crippen LogP contribution in [-0.2, 0) is 17.6 Å². The summed E-state index contributed by atoms with van der Waals surface area (Å²) in [5.41, 5.74) is 3.10. The van der Waals surface area contributed by atoms with Gasteiger partial charge >= 0.3 is 0 Å². The van der Waals surface area contributed by atoms with Gasteiger partial charge in [0.25, 0.3) is 0 Å². The Morgan fingerprint density at radius 1 is 1.45 bits per heavy atom. The molecular weight excluding hydrogens is 276 g/mol. The lowest BCUT2D eigenvalue weighted by atomic mass is 10.1. The number of carbonyl (C=O) groups is 1. The molecule has 4 nitrogen and oxygen atoms in total. The maximum atomic E-state index is 12.2. The Balaban J connectivity index is 1.61. The van der Waals surface area contributed by atoms with Crippen LogP contribution >= 0.6 is 0 Å². The minimum atomic E-state index is 0.0826. The van der Waals surface area contributed by atoms with E-state index in [0.29, 0.717) is 12.3 Å². The summed E-state index contributed by atoms with van der Waals surface area (Å²) in [5.74, 6) is 0.667. The van der Waals surface area contributed by atoms with Gasteiger partial charge in [0.15, 0.2) is 0 Å². The summed E-state index contributed by atoms with van der Waals surface area (Å²) in [6.45, 7) is 5.12. The van der Waals surface area contributed by atoms with E-state index in [0.717, 1.165) is 42.6 Å². The number of nitrogens with one attached hydrogen (secondary N) is 1. The predicted octanol–water partition coefficient (Wildman–Crippen LogP) is 2.61. The van der Waals surface area contributed by atoms with Crippen LogP contribution in [0.4, 0.5) is 0 Å². The van der Waals surface area contributed by atoms with Crippen molar-refractivity contribution in [2.45, 2.75) is 26.2 Å². The van der Waals surface area contributed by atoms with Crippen LogP contribution in [0.1, 0.15) is 24.5 Å². The highest BCUT2D eigenvalue weighted by Gasteiger charge is 2.20. The Morgan fingerprint density at radius 3 is 3.05 bits per heavy atom. The Morgan fingerprint density at radius 2 is 2.32 bits per heavy atom. The van der Waals surface area contributed by atoms with Gasteiger partial charge in [0.2, 0.25) is 5.91 Å². The van der Waals surface area contributed by atoms with Crippen molar-refractivity contribution in [3.05, 3.63) is 35.6 Å². The van der Waals surface area contributed by atoms with Crippen LogP contribution < -0.4 is 5.32 Å². The van der Waals surface area contributed by atoms with Gasteiger partial charge in [-0.1, -0.05) is 13.0 Å². The molecule has 3 rings (SSSR count). The molecule has 22 heavy (non-hydrogen) atoms. The number of benzene rings is 1. The molecular formula is C18H24N2O2. The smallest absolute Gasteiger partial charge is 0.224 e. The van der Waals surface area contributed by atoms with Gasteiger partial charge in [-0.15, -0.1) is 0 Å². The number of likely N-dealkylation sites (tertiary alicyclic amines) is 1. The molecule has 1 atom stereocenters. The number of rotatable bonds is 5. The van der Waals surface area contributed by atoms with Crippen LogP contribution in [-0.4, -0.2) is 37.5 Å². The fourth-order valence-corrected chi connectivity index (χ4v) is 3.17. The van der Waals surface area contributed by atoms with E-state index < -0.39 is 0 Å². The highest BCUT2D eigenvalue weighted by Crippen LogP contribution is 2.23. The van der Waals surface area contributed by atoms with Gasteiger partial charge in [-0.2, -0.15) is 0 Å². The van der Waals surface area contributed by atoms with Crippen molar-refractivity contribution >= 4 is 16.9 Å². The molecule has 0 saturated carbocycles. The first kappa shape index (κ1) is 15.1. The summed E-state index contributed by atoms with van der Waals surface area (Å²) in [6, 6.07) is 6.20. The van der Waals surface area contributed by atoms with E-state index in [1.807, 2.05) is 6.07 Å². The molecule has 1 fully saturated rings. The molecule has 0 aliphatic carbocycles. The Bertz CT molecular complexity index is 662. The maximum Gasteiger partial charge on any atom is 0.224 e. The number of fused-ring (bicyclic) bond motifs is 1. The van der Waals surface area contributed by atoms with Gasteiger partial charge in [-0.3, -0.25) is 4.79 Å². The highest BCUT2D eigenvalue weighted by molar-refractivity contribution is 5.88. The van der Waals surface area contributed by atoms with Gasteiger partial charge in [-0.05, 0) is 50.0 Å². The number of carbonyl (C=O) groups excluding carboxylic acids is 1. The molecule has 1 aliphatic rings. The van der Waals surface area contributed by atoms with Gasteiger partial charge in [-0.25, -0.2) is 0 Å². The second-order valence-corrected chi connectivity index (χ2v) is 6.34. The maximum absolute atomic E-state index is 12.2. The molecule has 118 valence electrons. The predicted molar refractivity (Wildman–Crippen MR) is 87.9 cm³/mol. The third kappa shape index (κ3) is 3.33. The molecule has 1 saturated heterocycles. The Kier molecular flexibility index (Phi) is 4.48. The molecule has 1 aliphatic heterocycles. The van der Waals surface area contributed by atoms with E-state index in [1.54, 1.807) is 6.26 Å². The number of aryl methyl sites for hydroxylation is 1. The fraction of sp³-hybridized carbons (Fsp3) is 0.500. The van der Waals surface area contributed by atoms with Crippen molar-refractivity contribution in [3.8, 4) is 0 Å². The molecule has 0 radical (unpaired) electrons. The Labute approximate surface area is 131 Å².